The maximum absolute atomic E-state index is 12.4. The van der Waals surface area contributed by atoms with E-state index in [1.165, 1.54) is 22.8 Å². The van der Waals surface area contributed by atoms with E-state index in [2.05, 4.69) is 48.7 Å². The maximum atomic E-state index is 12.4. The van der Waals surface area contributed by atoms with Crippen LogP contribution in [0, 0.1) is 11.3 Å². The summed E-state index contributed by atoms with van der Waals surface area (Å²) in [6, 6.07) is 16.0. The van der Waals surface area contributed by atoms with Gasteiger partial charge in [-0.3, -0.25) is 4.79 Å². The zero-order valence-electron chi connectivity index (χ0n) is 18.9. The molecule has 0 saturated carbocycles. The molecule has 0 saturated heterocycles. The van der Waals surface area contributed by atoms with Crippen molar-refractivity contribution in [1.29, 1.82) is 5.41 Å². The third-order valence-electron chi connectivity index (χ3n) is 5.25. The molecule has 1 amide bonds. The number of benzene rings is 2. The first-order chi connectivity index (χ1) is 15.3. The van der Waals surface area contributed by atoms with Gasteiger partial charge in [0.15, 0.2) is 0 Å². The van der Waals surface area contributed by atoms with E-state index in [-0.39, 0.29) is 11.4 Å². The van der Waals surface area contributed by atoms with Crippen LogP contribution in [0.4, 0.5) is 0 Å². The van der Waals surface area contributed by atoms with E-state index in [9.17, 15) is 4.79 Å². The molecule has 1 aliphatic carbocycles. The highest BCUT2D eigenvalue weighted by Crippen LogP contribution is 2.18. The fourth-order valence-corrected chi connectivity index (χ4v) is 3.48. The number of hydrogen-bond donors (Lipinski definition) is 3. The lowest BCUT2D eigenvalue weighted by Gasteiger charge is -2.07. The van der Waals surface area contributed by atoms with Crippen LogP contribution in [0.1, 0.15) is 43.0 Å². The van der Waals surface area contributed by atoms with Crippen molar-refractivity contribution in [3.05, 3.63) is 100 Å². The van der Waals surface area contributed by atoms with Crippen LogP contribution in [0.15, 0.2) is 83.1 Å². The van der Waals surface area contributed by atoms with Gasteiger partial charge in [-0.25, -0.2) is 5.43 Å². The van der Waals surface area contributed by atoms with E-state index < -0.39 is 5.91 Å². The summed E-state index contributed by atoms with van der Waals surface area (Å²) in [5.74, 6) is 0.0372. The lowest BCUT2D eigenvalue weighted by molar-refractivity contribution is -0.117. The van der Waals surface area contributed by atoms with Crippen molar-refractivity contribution in [2.45, 2.75) is 33.6 Å². The highest BCUT2D eigenvalue weighted by Gasteiger charge is 2.09. The second-order valence-corrected chi connectivity index (χ2v) is 8.34. The van der Waals surface area contributed by atoms with E-state index in [0.29, 0.717) is 17.2 Å². The van der Waals surface area contributed by atoms with Gasteiger partial charge in [-0.15, -0.1) is 0 Å². The number of rotatable bonds is 7. The molecule has 0 bridgehead atoms. The van der Waals surface area contributed by atoms with Gasteiger partial charge in [0.2, 0.25) is 0 Å². The zero-order valence-corrected chi connectivity index (χ0v) is 18.9. The molecule has 0 spiro atoms. The first kappa shape index (κ1) is 22.9. The second-order valence-electron chi connectivity index (χ2n) is 8.34. The third-order valence-corrected chi connectivity index (χ3v) is 5.25. The molecule has 0 aliphatic heterocycles. The van der Waals surface area contributed by atoms with Crippen molar-refractivity contribution in [3.63, 3.8) is 0 Å². The molecule has 164 valence electrons. The van der Waals surface area contributed by atoms with Gasteiger partial charge in [-0.05, 0) is 59.6 Å². The van der Waals surface area contributed by atoms with Crippen molar-refractivity contribution < 1.29 is 4.79 Å². The smallest absolute Gasteiger partial charge is 0.287 e. The summed E-state index contributed by atoms with van der Waals surface area (Å²) < 4.78 is 0. The Morgan fingerprint density at radius 3 is 2.59 bits per heavy atom. The molecule has 3 rings (SSSR count). The Hall–Kier alpha value is -3.73. The van der Waals surface area contributed by atoms with Crippen LogP contribution in [0.5, 0.6) is 0 Å². The summed E-state index contributed by atoms with van der Waals surface area (Å²) in [4.78, 5) is 12.4. The standard InChI is InChI=1S/C27H30N4O/c1-18(2)16-20-8-10-24(11-9-20)25(28)17-26(29)27(32)31-30-19(3)21-12-14-22-6-4-5-7-23(22)15-13-21/h4-14,17-18,28H,15-16,29H2,1-3H3,(H,31,32)/b26-17-,28-25?,30-19+. The first-order valence-corrected chi connectivity index (χ1v) is 10.8. The van der Waals surface area contributed by atoms with Crippen LogP contribution in [0.25, 0.3) is 6.08 Å². The van der Waals surface area contributed by atoms with Crippen LogP contribution in [0.3, 0.4) is 0 Å². The van der Waals surface area contributed by atoms with E-state index in [0.717, 1.165) is 18.4 Å². The average molecular weight is 427 g/mol. The topological polar surface area (TPSA) is 91.3 Å². The van der Waals surface area contributed by atoms with Crippen molar-refractivity contribution in [1.82, 2.24) is 5.43 Å². The van der Waals surface area contributed by atoms with Crippen molar-refractivity contribution in [2.75, 3.05) is 0 Å². The molecule has 0 heterocycles. The largest absolute Gasteiger partial charge is 0.394 e. The number of hydrogen-bond acceptors (Lipinski definition) is 4. The Labute approximate surface area is 189 Å². The number of carbonyl (C=O) groups is 1. The Balaban J connectivity index is 1.62. The molecule has 0 fully saturated rings. The van der Waals surface area contributed by atoms with Gasteiger partial charge >= 0.3 is 0 Å². The molecule has 5 heteroatoms. The molecular weight excluding hydrogens is 396 g/mol. The van der Waals surface area contributed by atoms with Gasteiger partial charge in [0.1, 0.15) is 5.70 Å². The fraction of sp³-hybridized carbons (Fsp3) is 0.222. The van der Waals surface area contributed by atoms with Gasteiger partial charge in [0.05, 0.1) is 11.4 Å². The van der Waals surface area contributed by atoms with E-state index in [1.54, 1.807) is 0 Å². The average Bonchev–Trinajstić information content (AvgIpc) is 3.00. The Morgan fingerprint density at radius 2 is 1.88 bits per heavy atom. The summed E-state index contributed by atoms with van der Waals surface area (Å²) in [6.45, 7) is 6.18. The maximum Gasteiger partial charge on any atom is 0.287 e. The molecule has 5 nitrogen and oxygen atoms in total. The normalized spacial score (nSPS) is 13.9. The number of nitrogens with one attached hydrogen (secondary N) is 2. The molecule has 32 heavy (non-hydrogen) atoms. The fourth-order valence-electron chi connectivity index (χ4n) is 3.48. The highest BCUT2D eigenvalue weighted by atomic mass is 16.2. The number of nitrogens with two attached hydrogens (primary N) is 1. The van der Waals surface area contributed by atoms with Gasteiger partial charge in [-0.2, -0.15) is 5.10 Å². The molecule has 0 atom stereocenters. The Bertz CT molecular complexity index is 1120. The van der Waals surface area contributed by atoms with Gasteiger partial charge in [0.25, 0.3) is 5.91 Å². The molecular formula is C27H30N4O. The van der Waals surface area contributed by atoms with Crippen LogP contribution >= 0.6 is 0 Å². The molecule has 0 radical (unpaired) electrons. The minimum absolute atomic E-state index is 0.0596. The quantitative estimate of drug-likeness (QED) is 0.338. The number of fused-ring (bicyclic) bond motifs is 1. The summed E-state index contributed by atoms with van der Waals surface area (Å²) in [5, 5.41) is 12.4. The minimum Gasteiger partial charge on any atom is -0.394 e. The second kappa shape index (κ2) is 10.5. The van der Waals surface area contributed by atoms with Crippen LogP contribution in [0.2, 0.25) is 0 Å². The van der Waals surface area contributed by atoms with E-state index in [1.807, 2.05) is 49.4 Å². The molecule has 1 aliphatic rings. The lowest BCUT2D eigenvalue weighted by atomic mass is 10.0. The summed E-state index contributed by atoms with van der Waals surface area (Å²) in [6.07, 6.45) is 9.29. The minimum atomic E-state index is -0.535. The van der Waals surface area contributed by atoms with Crippen molar-refractivity contribution in [2.24, 2.45) is 16.8 Å². The number of allylic oxidation sites excluding steroid dienone is 4. The lowest BCUT2D eigenvalue weighted by Crippen LogP contribution is -2.26. The number of nitrogens with zero attached hydrogens (tertiary/aromatic N) is 1. The van der Waals surface area contributed by atoms with Gasteiger partial charge in [0, 0.05) is 0 Å². The molecule has 2 aromatic carbocycles. The Kier molecular flexibility index (Phi) is 7.55. The van der Waals surface area contributed by atoms with Crippen LogP contribution in [-0.2, 0) is 17.6 Å². The molecule has 4 N–H and O–H groups in total. The number of carbonyl (C=O) groups excluding carboxylic acids is 1. The van der Waals surface area contributed by atoms with Crippen molar-refractivity contribution >= 4 is 23.4 Å². The Morgan fingerprint density at radius 1 is 1.16 bits per heavy atom. The van der Waals surface area contributed by atoms with E-state index >= 15 is 0 Å². The van der Waals surface area contributed by atoms with Crippen LogP contribution in [-0.4, -0.2) is 17.3 Å². The van der Waals surface area contributed by atoms with Gasteiger partial charge < -0.3 is 11.1 Å². The molecule has 0 aromatic heterocycles. The number of amides is 1. The molecule has 0 unspecified atom stereocenters. The first-order valence-electron chi connectivity index (χ1n) is 10.8. The third kappa shape index (κ3) is 6.14. The zero-order chi connectivity index (χ0) is 23.1. The van der Waals surface area contributed by atoms with Crippen molar-refractivity contribution in [3.8, 4) is 0 Å². The SMILES string of the molecule is C/C(=N\NC(=O)/C(N)=C/C(=N)c1ccc(CC(C)C)cc1)C1=CCc2ccccc2C=C1. The predicted octanol–water partition coefficient (Wildman–Crippen LogP) is 4.78. The highest BCUT2D eigenvalue weighted by molar-refractivity contribution is 6.11. The summed E-state index contributed by atoms with van der Waals surface area (Å²) in [5.41, 5.74) is 14.5. The van der Waals surface area contributed by atoms with Gasteiger partial charge in [-0.1, -0.05) is 80.6 Å². The summed E-state index contributed by atoms with van der Waals surface area (Å²) >= 11 is 0. The number of hydrazone groups is 1. The predicted molar refractivity (Wildman–Crippen MR) is 133 cm³/mol. The summed E-state index contributed by atoms with van der Waals surface area (Å²) in [7, 11) is 0. The molecule has 2 aromatic rings. The monoisotopic (exact) mass is 426 g/mol. The van der Waals surface area contributed by atoms with Crippen LogP contribution < -0.4 is 11.2 Å². The van der Waals surface area contributed by atoms with E-state index in [4.69, 9.17) is 11.1 Å².